The third-order valence-electron chi connectivity index (χ3n) is 4.95. The van der Waals surface area contributed by atoms with Gasteiger partial charge in [0.1, 0.15) is 11.0 Å². The lowest BCUT2D eigenvalue weighted by atomic mass is 10.2. The predicted octanol–water partition coefficient (Wildman–Crippen LogP) is 3.04. The van der Waals surface area contributed by atoms with E-state index >= 15 is 0 Å². The maximum Gasteiger partial charge on any atom is 0.258 e. The van der Waals surface area contributed by atoms with Crippen molar-refractivity contribution in [1.29, 1.82) is 0 Å². The van der Waals surface area contributed by atoms with E-state index in [-0.39, 0.29) is 18.4 Å². The van der Waals surface area contributed by atoms with Gasteiger partial charge in [-0.05, 0) is 31.0 Å². The summed E-state index contributed by atoms with van der Waals surface area (Å²) in [6.07, 6.45) is 0. The number of piperazine rings is 1. The van der Waals surface area contributed by atoms with Gasteiger partial charge in [-0.25, -0.2) is 4.39 Å². The van der Waals surface area contributed by atoms with Crippen molar-refractivity contribution in [3.8, 4) is 0 Å². The van der Waals surface area contributed by atoms with E-state index in [1.807, 2.05) is 4.90 Å². The molecule has 7 nitrogen and oxygen atoms in total. The average molecular weight is 436 g/mol. The van der Waals surface area contributed by atoms with E-state index in [0.29, 0.717) is 60.7 Å². The van der Waals surface area contributed by atoms with Crippen LogP contribution in [0.15, 0.2) is 24.3 Å². The number of nitrogens with zero attached hydrogens (tertiary/aromatic N) is 4. The smallest absolute Gasteiger partial charge is 0.258 e. The van der Waals surface area contributed by atoms with Crippen LogP contribution in [0, 0.1) is 18.7 Å². The van der Waals surface area contributed by atoms with Crippen molar-refractivity contribution in [2.45, 2.75) is 27.3 Å². The number of anilines is 1. The zero-order chi connectivity index (χ0) is 21.8. The highest BCUT2D eigenvalue weighted by Crippen LogP contribution is 2.23. The summed E-state index contributed by atoms with van der Waals surface area (Å²) in [5.74, 6) is -0.372. The topological polar surface area (TPSA) is 70.5 Å². The van der Waals surface area contributed by atoms with Gasteiger partial charge in [0.25, 0.3) is 5.91 Å². The van der Waals surface area contributed by atoms with Crippen LogP contribution >= 0.6 is 11.6 Å². The standard InChI is InChI=1S/C21H27ClFN5O2/c1-14(2)12-28-20(22)19(15(3)25-28)21(30)27-9-7-26(8-10-27)13-18(29)24-17-6-4-5-16(23)11-17/h4-6,11,14H,7-10,12-13H2,1-3H3,(H,24,29). The molecule has 0 aliphatic carbocycles. The fourth-order valence-corrected chi connectivity index (χ4v) is 3.82. The Labute approximate surface area is 180 Å². The van der Waals surface area contributed by atoms with Gasteiger partial charge in [-0.1, -0.05) is 31.5 Å². The fourth-order valence-electron chi connectivity index (χ4n) is 3.50. The Kier molecular flexibility index (Phi) is 7.10. The molecule has 0 bridgehead atoms. The van der Waals surface area contributed by atoms with Crippen molar-refractivity contribution < 1.29 is 14.0 Å². The molecule has 2 heterocycles. The molecule has 0 unspecified atom stereocenters. The molecule has 1 aliphatic rings. The number of hydrogen-bond acceptors (Lipinski definition) is 4. The number of aryl methyl sites for hydroxylation is 1. The van der Waals surface area contributed by atoms with Crippen molar-refractivity contribution in [2.24, 2.45) is 5.92 Å². The van der Waals surface area contributed by atoms with Crippen LogP contribution in [0.4, 0.5) is 10.1 Å². The SMILES string of the molecule is Cc1nn(CC(C)C)c(Cl)c1C(=O)N1CCN(CC(=O)Nc2cccc(F)c2)CC1. The van der Waals surface area contributed by atoms with Gasteiger partial charge in [0.05, 0.1) is 17.8 Å². The number of aromatic nitrogens is 2. The second-order valence-electron chi connectivity index (χ2n) is 7.95. The van der Waals surface area contributed by atoms with Gasteiger partial charge in [0, 0.05) is 38.4 Å². The molecule has 1 aliphatic heterocycles. The van der Waals surface area contributed by atoms with Crippen LogP contribution in [-0.4, -0.2) is 64.1 Å². The lowest BCUT2D eigenvalue weighted by Crippen LogP contribution is -2.50. The number of benzene rings is 1. The lowest BCUT2D eigenvalue weighted by molar-refractivity contribution is -0.117. The molecule has 0 atom stereocenters. The molecular weight excluding hydrogens is 409 g/mol. The minimum atomic E-state index is -0.398. The molecule has 0 radical (unpaired) electrons. The summed E-state index contributed by atoms with van der Waals surface area (Å²) in [5.41, 5.74) is 1.51. The van der Waals surface area contributed by atoms with E-state index in [1.54, 1.807) is 28.6 Å². The lowest BCUT2D eigenvalue weighted by Gasteiger charge is -2.34. The minimum Gasteiger partial charge on any atom is -0.336 e. The molecule has 30 heavy (non-hydrogen) atoms. The van der Waals surface area contributed by atoms with E-state index in [4.69, 9.17) is 11.6 Å². The minimum absolute atomic E-state index is 0.128. The molecule has 1 saturated heterocycles. The van der Waals surface area contributed by atoms with Gasteiger partial charge in [0.15, 0.2) is 0 Å². The quantitative estimate of drug-likeness (QED) is 0.757. The summed E-state index contributed by atoms with van der Waals surface area (Å²) in [5, 5.41) is 7.49. The number of carbonyl (C=O) groups excluding carboxylic acids is 2. The molecule has 2 amide bonds. The Morgan fingerprint density at radius 2 is 1.93 bits per heavy atom. The molecule has 0 saturated carbocycles. The van der Waals surface area contributed by atoms with Crippen molar-refractivity contribution in [3.05, 3.63) is 46.5 Å². The Hall–Kier alpha value is -2.45. The van der Waals surface area contributed by atoms with Crippen LogP contribution < -0.4 is 5.32 Å². The molecule has 1 aromatic carbocycles. The average Bonchev–Trinajstić information content (AvgIpc) is 2.94. The molecule has 2 aromatic rings. The Morgan fingerprint density at radius 3 is 2.57 bits per heavy atom. The monoisotopic (exact) mass is 435 g/mol. The summed E-state index contributed by atoms with van der Waals surface area (Å²) in [6.45, 7) is 8.90. The first-order valence-electron chi connectivity index (χ1n) is 10.0. The van der Waals surface area contributed by atoms with Crippen LogP contribution in [0.25, 0.3) is 0 Å². The number of rotatable bonds is 6. The first-order valence-corrected chi connectivity index (χ1v) is 10.4. The van der Waals surface area contributed by atoms with Crippen LogP contribution in [0.5, 0.6) is 0 Å². The third-order valence-corrected chi connectivity index (χ3v) is 5.34. The highest BCUT2D eigenvalue weighted by Gasteiger charge is 2.28. The van der Waals surface area contributed by atoms with Crippen LogP contribution in [0.3, 0.4) is 0 Å². The maximum atomic E-state index is 13.2. The molecule has 9 heteroatoms. The summed E-state index contributed by atoms with van der Waals surface area (Å²) >= 11 is 6.44. The number of nitrogens with one attached hydrogen (secondary N) is 1. The number of carbonyl (C=O) groups is 2. The van der Waals surface area contributed by atoms with Gasteiger partial charge in [-0.2, -0.15) is 5.10 Å². The van der Waals surface area contributed by atoms with Crippen molar-refractivity contribution in [3.63, 3.8) is 0 Å². The zero-order valence-corrected chi connectivity index (χ0v) is 18.2. The van der Waals surface area contributed by atoms with Crippen molar-refractivity contribution in [1.82, 2.24) is 19.6 Å². The molecular formula is C21H27ClFN5O2. The van der Waals surface area contributed by atoms with E-state index in [2.05, 4.69) is 24.3 Å². The molecule has 1 fully saturated rings. The van der Waals surface area contributed by atoms with Gasteiger partial charge in [-0.15, -0.1) is 0 Å². The van der Waals surface area contributed by atoms with E-state index in [0.717, 1.165) is 0 Å². The van der Waals surface area contributed by atoms with Crippen LogP contribution in [0.2, 0.25) is 5.15 Å². The first kappa shape index (κ1) is 22.2. The first-order chi connectivity index (χ1) is 14.2. The van der Waals surface area contributed by atoms with Crippen LogP contribution in [0.1, 0.15) is 29.9 Å². The zero-order valence-electron chi connectivity index (χ0n) is 17.5. The normalized spacial score (nSPS) is 14.9. The molecule has 0 spiro atoms. The Bertz CT molecular complexity index is 922. The molecule has 1 aromatic heterocycles. The highest BCUT2D eigenvalue weighted by atomic mass is 35.5. The summed E-state index contributed by atoms with van der Waals surface area (Å²) in [7, 11) is 0. The predicted molar refractivity (Wildman–Crippen MR) is 114 cm³/mol. The van der Waals surface area contributed by atoms with Crippen LogP contribution in [-0.2, 0) is 11.3 Å². The molecule has 162 valence electrons. The Balaban J connectivity index is 1.54. The second-order valence-corrected chi connectivity index (χ2v) is 8.31. The Morgan fingerprint density at radius 1 is 1.23 bits per heavy atom. The molecule has 3 rings (SSSR count). The summed E-state index contributed by atoms with van der Waals surface area (Å²) in [6, 6.07) is 5.79. The van der Waals surface area contributed by atoms with Gasteiger partial charge in [-0.3, -0.25) is 19.2 Å². The van der Waals surface area contributed by atoms with E-state index in [9.17, 15) is 14.0 Å². The van der Waals surface area contributed by atoms with E-state index in [1.165, 1.54) is 12.1 Å². The number of halogens is 2. The van der Waals surface area contributed by atoms with Gasteiger partial charge >= 0.3 is 0 Å². The third kappa shape index (κ3) is 5.37. The highest BCUT2D eigenvalue weighted by molar-refractivity contribution is 6.33. The van der Waals surface area contributed by atoms with Gasteiger partial charge < -0.3 is 10.2 Å². The number of hydrogen-bond donors (Lipinski definition) is 1. The largest absolute Gasteiger partial charge is 0.336 e. The van der Waals surface area contributed by atoms with Crippen molar-refractivity contribution in [2.75, 3.05) is 38.0 Å². The van der Waals surface area contributed by atoms with E-state index < -0.39 is 5.82 Å². The van der Waals surface area contributed by atoms with Gasteiger partial charge in [0.2, 0.25) is 5.91 Å². The maximum absolute atomic E-state index is 13.2. The second kappa shape index (κ2) is 9.57. The number of amides is 2. The summed E-state index contributed by atoms with van der Waals surface area (Å²) in [4.78, 5) is 28.9. The van der Waals surface area contributed by atoms with Crippen molar-refractivity contribution >= 4 is 29.1 Å². The fraction of sp³-hybridized carbons (Fsp3) is 0.476. The molecule has 1 N–H and O–H groups in total. The summed E-state index contributed by atoms with van der Waals surface area (Å²) < 4.78 is 14.9.